The molecule has 1 heterocycles. The fraction of sp³-hybridized carbons (Fsp3) is 0.417. The summed E-state index contributed by atoms with van der Waals surface area (Å²) in [5.41, 5.74) is 0.811. The summed E-state index contributed by atoms with van der Waals surface area (Å²) in [5.74, 6) is -0.0722. The summed E-state index contributed by atoms with van der Waals surface area (Å²) in [6.45, 7) is 1.07. The van der Waals surface area contributed by atoms with Crippen LogP contribution in [0.2, 0.25) is 0 Å². The van der Waals surface area contributed by atoms with Crippen molar-refractivity contribution < 1.29 is 13.2 Å². The molecule has 1 aliphatic rings. The highest BCUT2D eigenvalue weighted by Crippen LogP contribution is 2.12. The number of nitrogens with two attached hydrogens (primary N) is 1. The first-order chi connectivity index (χ1) is 9.36. The fourth-order valence-corrected chi connectivity index (χ4v) is 2.86. The number of hydrogen-bond acceptors (Lipinski definition) is 5. The van der Waals surface area contributed by atoms with E-state index in [2.05, 4.69) is 23.3 Å². The fourth-order valence-electron chi connectivity index (χ4n) is 2.03. The zero-order chi connectivity index (χ0) is 14.8. The zero-order valence-electron chi connectivity index (χ0n) is 10.7. The number of rotatable bonds is 4. The zero-order valence-corrected chi connectivity index (χ0v) is 12.5. The number of primary sulfonamides is 1. The lowest BCUT2D eigenvalue weighted by atomic mass is 10.2. The second kappa shape index (κ2) is 6.13. The SMILES string of the molecule is NS(=O)(=O)c1ccc(CNC(=O)[C@@H]2C[C@H](S)CN2)cc1. The molecular weight excluding hydrogens is 298 g/mol. The number of hydrogen-bond donors (Lipinski definition) is 4. The van der Waals surface area contributed by atoms with Gasteiger partial charge in [-0.25, -0.2) is 13.6 Å². The molecule has 0 saturated carbocycles. The Morgan fingerprint density at radius 1 is 1.40 bits per heavy atom. The van der Waals surface area contributed by atoms with Crippen LogP contribution in [0.4, 0.5) is 0 Å². The lowest BCUT2D eigenvalue weighted by molar-refractivity contribution is -0.122. The Morgan fingerprint density at radius 2 is 2.05 bits per heavy atom. The van der Waals surface area contributed by atoms with Crippen LogP contribution in [0.1, 0.15) is 12.0 Å². The van der Waals surface area contributed by atoms with Crippen molar-refractivity contribution in [1.29, 1.82) is 0 Å². The molecule has 1 saturated heterocycles. The van der Waals surface area contributed by atoms with Crippen LogP contribution in [0.5, 0.6) is 0 Å². The van der Waals surface area contributed by atoms with E-state index in [0.717, 1.165) is 12.1 Å². The van der Waals surface area contributed by atoms with Gasteiger partial charge in [0.05, 0.1) is 10.9 Å². The van der Waals surface area contributed by atoms with Gasteiger partial charge < -0.3 is 10.6 Å². The number of thiol groups is 1. The summed E-state index contributed by atoms with van der Waals surface area (Å²) in [6.07, 6.45) is 0.708. The van der Waals surface area contributed by atoms with Crippen molar-refractivity contribution in [1.82, 2.24) is 10.6 Å². The van der Waals surface area contributed by atoms with E-state index in [1.807, 2.05) is 0 Å². The molecule has 1 aromatic rings. The summed E-state index contributed by atoms with van der Waals surface area (Å²) >= 11 is 4.31. The number of benzene rings is 1. The first-order valence-electron chi connectivity index (χ1n) is 6.17. The standard InChI is InChI=1S/C12H17N3O3S2/c13-20(17,18)10-3-1-8(2-4-10)6-15-12(16)11-5-9(19)7-14-11/h1-4,9,11,14,19H,5-7H2,(H,15,16)(H2,13,17,18)/t9-,11-/m0/s1. The van der Waals surface area contributed by atoms with Crippen molar-refractivity contribution in [3.05, 3.63) is 29.8 Å². The number of carbonyl (C=O) groups excluding carboxylic acids is 1. The Morgan fingerprint density at radius 3 is 2.55 bits per heavy atom. The van der Waals surface area contributed by atoms with Gasteiger partial charge in [-0.3, -0.25) is 4.79 Å². The minimum Gasteiger partial charge on any atom is -0.351 e. The predicted molar refractivity (Wildman–Crippen MR) is 78.8 cm³/mol. The normalized spacial score (nSPS) is 22.7. The summed E-state index contributed by atoms with van der Waals surface area (Å²) < 4.78 is 22.2. The van der Waals surface area contributed by atoms with Gasteiger partial charge in [0.15, 0.2) is 0 Å². The maximum absolute atomic E-state index is 11.9. The molecule has 2 rings (SSSR count). The topological polar surface area (TPSA) is 101 Å². The highest BCUT2D eigenvalue weighted by Gasteiger charge is 2.26. The first kappa shape index (κ1) is 15.3. The van der Waals surface area contributed by atoms with Gasteiger partial charge in [-0.1, -0.05) is 12.1 Å². The van der Waals surface area contributed by atoms with Crippen LogP contribution in [-0.2, 0) is 21.4 Å². The highest BCUT2D eigenvalue weighted by atomic mass is 32.2. The van der Waals surface area contributed by atoms with Gasteiger partial charge in [-0.2, -0.15) is 12.6 Å². The summed E-state index contributed by atoms with van der Waals surface area (Å²) in [4.78, 5) is 11.9. The summed E-state index contributed by atoms with van der Waals surface area (Å²) in [6, 6.07) is 5.90. The smallest absolute Gasteiger partial charge is 0.238 e. The van der Waals surface area contributed by atoms with E-state index >= 15 is 0 Å². The van der Waals surface area contributed by atoms with Crippen LogP contribution >= 0.6 is 12.6 Å². The van der Waals surface area contributed by atoms with Crippen molar-refractivity contribution in [3.8, 4) is 0 Å². The van der Waals surface area contributed by atoms with Gasteiger partial charge in [0.25, 0.3) is 0 Å². The van der Waals surface area contributed by atoms with E-state index in [-0.39, 0.29) is 22.1 Å². The molecule has 1 fully saturated rings. The molecule has 0 radical (unpaired) electrons. The number of sulfonamides is 1. The van der Waals surface area contributed by atoms with E-state index in [9.17, 15) is 13.2 Å². The van der Waals surface area contributed by atoms with E-state index in [4.69, 9.17) is 5.14 Å². The molecular formula is C12H17N3O3S2. The lowest BCUT2D eigenvalue weighted by Gasteiger charge is -2.11. The molecule has 0 unspecified atom stereocenters. The molecule has 110 valence electrons. The van der Waals surface area contributed by atoms with Crippen molar-refractivity contribution >= 4 is 28.6 Å². The lowest BCUT2D eigenvalue weighted by Crippen LogP contribution is -2.39. The van der Waals surface area contributed by atoms with Crippen LogP contribution in [0, 0.1) is 0 Å². The molecule has 20 heavy (non-hydrogen) atoms. The summed E-state index contributed by atoms with van der Waals surface area (Å²) in [5, 5.41) is 11.1. The van der Waals surface area contributed by atoms with E-state index in [0.29, 0.717) is 13.0 Å². The number of nitrogens with one attached hydrogen (secondary N) is 2. The van der Waals surface area contributed by atoms with Gasteiger partial charge in [0.1, 0.15) is 0 Å². The van der Waals surface area contributed by atoms with E-state index in [1.165, 1.54) is 12.1 Å². The molecule has 0 spiro atoms. The Balaban J connectivity index is 1.90. The van der Waals surface area contributed by atoms with E-state index < -0.39 is 10.0 Å². The third-order valence-electron chi connectivity index (χ3n) is 3.14. The maximum Gasteiger partial charge on any atom is 0.238 e. The second-order valence-electron chi connectivity index (χ2n) is 4.76. The van der Waals surface area contributed by atoms with Crippen LogP contribution in [-0.4, -0.2) is 32.2 Å². The average Bonchev–Trinajstić information content (AvgIpc) is 2.82. The van der Waals surface area contributed by atoms with Crippen molar-refractivity contribution in [3.63, 3.8) is 0 Å². The molecule has 6 nitrogen and oxygen atoms in total. The monoisotopic (exact) mass is 315 g/mol. The van der Waals surface area contributed by atoms with Crippen molar-refractivity contribution in [2.24, 2.45) is 5.14 Å². The third kappa shape index (κ3) is 3.95. The number of amides is 1. The predicted octanol–water partition coefficient (Wildman–Crippen LogP) is -0.389. The molecule has 4 N–H and O–H groups in total. The minimum absolute atomic E-state index is 0.0583. The molecule has 2 atom stereocenters. The maximum atomic E-state index is 11.9. The van der Waals surface area contributed by atoms with Crippen molar-refractivity contribution in [2.45, 2.75) is 29.2 Å². The Bertz CT molecular complexity index is 586. The van der Waals surface area contributed by atoms with E-state index in [1.54, 1.807) is 12.1 Å². The minimum atomic E-state index is -3.68. The Labute approximate surface area is 123 Å². The van der Waals surface area contributed by atoms with Gasteiger partial charge in [0.2, 0.25) is 15.9 Å². The Hall–Kier alpha value is -1.09. The van der Waals surface area contributed by atoms with Gasteiger partial charge >= 0.3 is 0 Å². The quantitative estimate of drug-likeness (QED) is 0.568. The average molecular weight is 315 g/mol. The molecule has 1 amide bonds. The molecule has 0 aromatic heterocycles. The first-order valence-corrected chi connectivity index (χ1v) is 8.23. The van der Waals surface area contributed by atoms with Crippen LogP contribution in [0.25, 0.3) is 0 Å². The van der Waals surface area contributed by atoms with Crippen LogP contribution in [0.15, 0.2) is 29.2 Å². The number of carbonyl (C=O) groups is 1. The van der Waals surface area contributed by atoms with Crippen LogP contribution in [0.3, 0.4) is 0 Å². The Kier molecular flexibility index (Phi) is 4.69. The molecule has 0 aliphatic carbocycles. The van der Waals surface area contributed by atoms with Gasteiger partial charge in [-0.15, -0.1) is 0 Å². The summed E-state index contributed by atoms with van der Waals surface area (Å²) in [7, 11) is -3.68. The van der Waals surface area contributed by atoms with Crippen molar-refractivity contribution in [2.75, 3.05) is 6.54 Å². The van der Waals surface area contributed by atoms with Crippen LogP contribution < -0.4 is 15.8 Å². The molecule has 1 aliphatic heterocycles. The molecule has 0 bridgehead atoms. The highest BCUT2D eigenvalue weighted by molar-refractivity contribution is 7.89. The second-order valence-corrected chi connectivity index (χ2v) is 7.05. The largest absolute Gasteiger partial charge is 0.351 e. The third-order valence-corrected chi connectivity index (χ3v) is 4.47. The van der Waals surface area contributed by atoms with Gasteiger partial charge in [-0.05, 0) is 24.1 Å². The molecule has 1 aromatic carbocycles. The molecule has 8 heteroatoms. The van der Waals surface area contributed by atoms with Gasteiger partial charge in [0, 0.05) is 18.3 Å².